The molecule has 20 heavy (non-hydrogen) atoms. The van der Waals surface area contributed by atoms with E-state index in [9.17, 15) is 22.8 Å². The number of carbonyl (C=O) groups excluding carboxylic acids is 1. The second-order valence-corrected chi connectivity index (χ2v) is 4.26. The van der Waals surface area contributed by atoms with Gasteiger partial charge in [0.1, 0.15) is 6.04 Å². The van der Waals surface area contributed by atoms with Crippen LogP contribution in [0.1, 0.15) is 11.1 Å². The molecule has 2 rings (SSSR count). The summed E-state index contributed by atoms with van der Waals surface area (Å²) in [6.45, 7) is -0.362. The second-order valence-electron chi connectivity index (χ2n) is 4.26. The molecule has 1 heterocycles. The van der Waals surface area contributed by atoms with Crippen molar-refractivity contribution in [2.75, 3.05) is 6.73 Å². The molecule has 0 saturated carbocycles. The molecule has 0 radical (unpaired) electrons. The zero-order valence-electron chi connectivity index (χ0n) is 10.1. The molecule has 1 fully saturated rings. The van der Waals surface area contributed by atoms with Crippen LogP contribution in [-0.2, 0) is 22.1 Å². The monoisotopic (exact) mass is 289 g/mol. The number of hydrogen-bond acceptors (Lipinski definition) is 3. The van der Waals surface area contributed by atoms with E-state index in [0.29, 0.717) is 5.56 Å². The minimum atomic E-state index is -4.43. The van der Waals surface area contributed by atoms with Gasteiger partial charge >= 0.3 is 18.2 Å². The molecule has 1 aromatic carbocycles. The van der Waals surface area contributed by atoms with Crippen molar-refractivity contribution in [1.29, 1.82) is 0 Å². The van der Waals surface area contributed by atoms with Gasteiger partial charge in [-0.05, 0) is 17.7 Å². The molecule has 0 unspecified atom stereocenters. The van der Waals surface area contributed by atoms with Gasteiger partial charge in [0.05, 0.1) is 5.56 Å². The van der Waals surface area contributed by atoms with Crippen molar-refractivity contribution in [3.05, 3.63) is 35.4 Å². The van der Waals surface area contributed by atoms with E-state index < -0.39 is 29.8 Å². The number of carbonyl (C=O) groups is 2. The third-order valence-corrected chi connectivity index (χ3v) is 2.95. The van der Waals surface area contributed by atoms with Crippen molar-refractivity contribution >= 4 is 12.1 Å². The number of alkyl halides is 3. The number of ether oxygens (including phenoxy) is 1. The first-order valence-corrected chi connectivity index (χ1v) is 5.61. The first kappa shape index (κ1) is 14.2. The third-order valence-electron chi connectivity index (χ3n) is 2.95. The number of nitrogens with zero attached hydrogens (tertiary/aromatic N) is 1. The fourth-order valence-electron chi connectivity index (χ4n) is 1.88. The van der Waals surface area contributed by atoms with Crippen molar-refractivity contribution in [3.8, 4) is 0 Å². The van der Waals surface area contributed by atoms with Gasteiger partial charge in [-0.25, -0.2) is 9.59 Å². The number of halogens is 3. The largest absolute Gasteiger partial charge is 0.465 e. The maximum atomic E-state index is 12.4. The summed E-state index contributed by atoms with van der Waals surface area (Å²) in [5.41, 5.74) is -0.376. The number of cyclic esters (lactones) is 1. The molecule has 5 nitrogen and oxygen atoms in total. The number of esters is 1. The Morgan fingerprint density at radius 1 is 1.35 bits per heavy atom. The van der Waals surface area contributed by atoms with Gasteiger partial charge < -0.3 is 9.84 Å². The van der Waals surface area contributed by atoms with Crippen molar-refractivity contribution in [2.45, 2.75) is 18.6 Å². The van der Waals surface area contributed by atoms with Crippen LogP contribution in [0.15, 0.2) is 24.3 Å². The Kier molecular flexibility index (Phi) is 3.56. The predicted octanol–water partition coefficient (Wildman–Crippen LogP) is 2.11. The van der Waals surface area contributed by atoms with Crippen LogP contribution in [0.4, 0.5) is 18.0 Å². The highest BCUT2D eigenvalue weighted by molar-refractivity contribution is 5.83. The van der Waals surface area contributed by atoms with Crippen molar-refractivity contribution in [3.63, 3.8) is 0 Å². The summed E-state index contributed by atoms with van der Waals surface area (Å²) in [5.74, 6) is -0.702. The molecule has 0 aliphatic carbocycles. The molecule has 0 aromatic heterocycles. The lowest BCUT2D eigenvalue weighted by molar-refractivity contribution is -0.139. The number of rotatable bonds is 2. The predicted molar refractivity (Wildman–Crippen MR) is 59.8 cm³/mol. The van der Waals surface area contributed by atoms with E-state index >= 15 is 0 Å². The van der Waals surface area contributed by atoms with Crippen LogP contribution in [0.3, 0.4) is 0 Å². The van der Waals surface area contributed by atoms with E-state index in [1.165, 1.54) is 12.1 Å². The van der Waals surface area contributed by atoms with Crippen LogP contribution in [0.2, 0.25) is 0 Å². The first-order valence-electron chi connectivity index (χ1n) is 5.61. The van der Waals surface area contributed by atoms with E-state index in [1.807, 2.05) is 0 Å². The SMILES string of the molecule is O=C1OCN(C(=O)O)[C@H]1Cc1ccc(C(F)(F)F)cc1. The summed E-state index contributed by atoms with van der Waals surface area (Å²) in [6, 6.07) is 3.19. The average molecular weight is 289 g/mol. The van der Waals surface area contributed by atoms with Gasteiger partial charge in [0.25, 0.3) is 0 Å². The highest BCUT2D eigenvalue weighted by Crippen LogP contribution is 2.29. The van der Waals surface area contributed by atoms with Crippen LogP contribution in [-0.4, -0.2) is 34.8 Å². The van der Waals surface area contributed by atoms with Crippen LogP contribution < -0.4 is 0 Å². The van der Waals surface area contributed by atoms with Gasteiger partial charge in [0, 0.05) is 6.42 Å². The van der Waals surface area contributed by atoms with Crippen molar-refractivity contribution in [1.82, 2.24) is 4.90 Å². The summed E-state index contributed by atoms with van der Waals surface area (Å²) in [6.07, 6.45) is -5.77. The van der Waals surface area contributed by atoms with E-state index in [4.69, 9.17) is 5.11 Å². The maximum Gasteiger partial charge on any atom is 0.416 e. The average Bonchev–Trinajstić information content (AvgIpc) is 2.71. The summed E-state index contributed by atoms with van der Waals surface area (Å²) in [5, 5.41) is 8.88. The van der Waals surface area contributed by atoms with Gasteiger partial charge in [-0.15, -0.1) is 0 Å². The molecule has 1 saturated heterocycles. The molecule has 0 bridgehead atoms. The summed E-state index contributed by atoms with van der Waals surface area (Å²) in [4.78, 5) is 23.1. The van der Waals surface area contributed by atoms with Gasteiger partial charge in [0.2, 0.25) is 0 Å². The fourth-order valence-corrected chi connectivity index (χ4v) is 1.88. The Morgan fingerprint density at radius 3 is 2.45 bits per heavy atom. The summed E-state index contributed by atoms with van der Waals surface area (Å²) in [7, 11) is 0. The van der Waals surface area contributed by atoms with E-state index in [2.05, 4.69) is 4.74 Å². The molecule has 8 heteroatoms. The normalized spacial score (nSPS) is 19.1. The fraction of sp³-hybridized carbons (Fsp3) is 0.333. The standard InChI is InChI=1S/C12H10F3NO4/c13-12(14,15)8-3-1-7(2-4-8)5-9-10(17)20-6-16(9)11(18)19/h1-4,9H,5-6H2,(H,18,19)/t9-/m0/s1. The molecule has 1 N–H and O–H groups in total. The lowest BCUT2D eigenvalue weighted by atomic mass is 10.0. The minimum absolute atomic E-state index is 0.0245. The van der Waals surface area contributed by atoms with E-state index in [0.717, 1.165) is 17.0 Å². The smallest absolute Gasteiger partial charge is 0.416 e. The molecule has 1 aliphatic rings. The van der Waals surface area contributed by atoms with E-state index in [1.54, 1.807) is 0 Å². The number of amides is 1. The number of hydrogen-bond donors (Lipinski definition) is 1. The third kappa shape index (κ3) is 2.84. The lowest BCUT2D eigenvalue weighted by Crippen LogP contribution is -2.38. The Labute approximate surface area is 111 Å². The van der Waals surface area contributed by atoms with Gasteiger partial charge in [-0.3, -0.25) is 4.90 Å². The lowest BCUT2D eigenvalue weighted by Gasteiger charge is -2.16. The van der Waals surface area contributed by atoms with Gasteiger partial charge in [0.15, 0.2) is 6.73 Å². The van der Waals surface area contributed by atoms with Gasteiger partial charge in [-0.2, -0.15) is 13.2 Å². The second kappa shape index (κ2) is 5.03. The van der Waals surface area contributed by atoms with Crippen LogP contribution in [0.25, 0.3) is 0 Å². The van der Waals surface area contributed by atoms with Crippen LogP contribution >= 0.6 is 0 Å². The number of carboxylic acid groups (broad SMARTS) is 1. The first-order chi connectivity index (χ1) is 9.29. The maximum absolute atomic E-state index is 12.4. The van der Waals surface area contributed by atoms with Crippen molar-refractivity contribution < 1.29 is 32.6 Å². The Hall–Kier alpha value is -2.25. The van der Waals surface area contributed by atoms with Gasteiger partial charge in [-0.1, -0.05) is 12.1 Å². The quantitative estimate of drug-likeness (QED) is 0.847. The van der Waals surface area contributed by atoms with Crippen LogP contribution in [0.5, 0.6) is 0 Å². The summed E-state index contributed by atoms with van der Waals surface area (Å²) >= 11 is 0. The molecule has 1 aromatic rings. The van der Waals surface area contributed by atoms with Crippen LogP contribution in [0, 0.1) is 0 Å². The highest BCUT2D eigenvalue weighted by atomic mass is 19.4. The minimum Gasteiger partial charge on any atom is -0.465 e. The molecule has 1 atom stereocenters. The summed E-state index contributed by atoms with van der Waals surface area (Å²) < 4.78 is 41.8. The Morgan fingerprint density at radius 2 is 1.95 bits per heavy atom. The highest BCUT2D eigenvalue weighted by Gasteiger charge is 2.38. The van der Waals surface area contributed by atoms with Crippen molar-refractivity contribution in [2.24, 2.45) is 0 Å². The Balaban J connectivity index is 2.13. The van der Waals surface area contributed by atoms with E-state index in [-0.39, 0.29) is 13.2 Å². The topological polar surface area (TPSA) is 66.8 Å². The molecular weight excluding hydrogens is 279 g/mol. The zero-order chi connectivity index (χ0) is 14.9. The Bertz CT molecular complexity index is 526. The molecular formula is C12H10F3NO4. The molecule has 0 spiro atoms. The zero-order valence-corrected chi connectivity index (χ0v) is 10.1. The number of benzene rings is 1. The molecule has 1 aliphatic heterocycles. The molecule has 1 amide bonds. The molecule has 108 valence electrons.